The summed E-state index contributed by atoms with van der Waals surface area (Å²) in [6.45, 7) is 1.61. The van der Waals surface area contributed by atoms with Gasteiger partial charge in [0.05, 0.1) is 25.1 Å². The predicted octanol–water partition coefficient (Wildman–Crippen LogP) is -1.05. The Morgan fingerprint density at radius 1 is 1.47 bits per heavy atom. The summed E-state index contributed by atoms with van der Waals surface area (Å²) < 4.78 is 28.7. The minimum absolute atomic E-state index is 0.0813. The molecule has 0 atom stereocenters. The van der Waals surface area contributed by atoms with E-state index in [1.165, 1.54) is 0 Å². The molecule has 1 aromatic heterocycles. The van der Waals surface area contributed by atoms with Crippen LogP contribution >= 0.6 is 0 Å². The summed E-state index contributed by atoms with van der Waals surface area (Å²) in [7, 11) is -3.62. The van der Waals surface area contributed by atoms with Crippen molar-refractivity contribution < 1.29 is 27.9 Å². The summed E-state index contributed by atoms with van der Waals surface area (Å²) in [5.41, 5.74) is -0.275. The van der Waals surface area contributed by atoms with Crippen LogP contribution in [0.5, 0.6) is 0 Å². The fraction of sp³-hybridized carbons (Fsp3) is 0.556. The van der Waals surface area contributed by atoms with Gasteiger partial charge in [-0.1, -0.05) is 5.21 Å². The number of hydrogen-bond donors (Lipinski definition) is 1. The van der Waals surface area contributed by atoms with Gasteiger partial charge in [-0.3, -0.25) is 9.48 Å². The van der Waals surface area contributed by atoms with Crippen molar-refractivity contribution in [2.45, 2.75) is 13.5 Å². The van der Waals surface area contributed by atoms with Crippen molar-refractivity contribution in [3.8, 4) is 0 Å². The second kappa shape index (κ2) is 6.27. The number of ether oxygens (including phenoxy) is 1. The third kappa shape index (κ3) is 5.04. The SMILES string of the molecule is CCOC(=O)CS(=O)(=O)CCn1cc(C(=O)O)nn1. The van der Waals surface area contributed by atoms with Crippen molar-refractivity contribution in [3.05, 3.63) is 11.9 Å². The first-order valence-corrected chi connectivity index (χ1v) is 7.15. The molecule has 0 fully saturated rings. The van der Waals surface area contributed by atoms with E-state index in [0.717, 1.165) is 10.9 Å². The van der Waals surface area contributed by atoms with Crippen molar-refractivity contribution in [1.82, 2.24) is 15.0 Å². The van der Waals surface area contributed by atoms with Gasteiger partial charge in [-0.2, -0.15) is 0 Å². The zero-order valence-electron chi connectivity index (χ0n) is 10.1. The van der Waals surface area contributed by atoms with Crippen molar-refractivity contribution in [2.75, 3.05) is 18.1 Å². The van der Waals surface area contributed by atoms with Gasteiger partial charge in [-0.05, 0) is 6.92 Å². The van der Waals surface area contributed by atoms with Gasteiger partial charge >= 0.3 is 11.9 Å². The van der Waals surface area contributed by atoms with Crippen LogP contribution in [0.25, 0.3) is 0 Å². The molecule has 0 saturated carbocycles. The fourth-order valence-corrected chi connectivity index (χ4v) is 2.24. The van der Waals surface area contributed by atoms with E-state index in [0.29, 0.717) is 0 Å². The first kappa shape index (κ1) is 15.1. The topological polar surface area (TPSA) is 128 Å². The van der Waals surface area contributed by atoms with Gasteiger partial charge in [0.15, 0.2) is 15.5 Å². The number of rotatable bonds is 7. The molecule has 0 aliphatic heterocycles. The molecular weight excluding hydrogens is 278 g/mol. The Balaban J connectivity index is 2.55. The van der Waals surface area contributed by atoms with Gasteiger partial charge in [0.2, 0.25) is 0 Å². The summed E-state index contributed by atoms with van der Waals surface area (Å²) in [5.74, 6) is -3.12. The van der Waals surface area contributed by atoms with Gasteiger partial charge in [-0.25, -0.2) is 13.2 Å². The minimum Gasteiger partial charge on any atom is -0.476 e. The van der Waals surface area contributed by atoms with E-state index in [4.69, 9.17) is 5.11 Å². The average molecular weight is 291 g/mol. The lowest BCUT2D eigenvalue weighted by molar-refractivity contribution is -0.139. The van der Waals surface area contributed by atoms with Crippen LogP contribution in [0.4, 0.5) is 0 Å². The number of nitrogens with zero attached hydrogens (tertiary/aromatic N) is 3. The Morgan fingerprint density at radius 2 is 2.16 bits per heavy atom. The van der Waals surface area contributed by atoms with Crippen molar-refractivity contribution >= 4 is 21.8 Å². The Kier molecular flexibility index (Phi) is 4.98. The molecule has 1 N–H and O–H groups in total. The highest BCUT2D eigenvalue weighted by molar-refractivity contribution is 7.92. The Hall–Kier alpha value is -1.97. The Morgan fingerprint density at radius 3 is 2.68 bits per heavy atom. The average Bonchev–Trinajstić information content (AvgIpc) is 2.74. The molecule has 0 bridgehead atoms. The van der Waals surface area contributed by atoms with E-state index in [9.17, 15) is 18.0 Å². The summed E-state index contributed by atoms with van der Waals surface area (Å²) in [6, 6.07) is 0. The highest BCUT2D eigenvalue weighted by Gasteiger charge is 2.18. The maximum absolute atomic E-state index is 11.6. The number of carbonyl (C=O) groups excluding carboxylic acids is 1. The standard InChI is InChI=1S/C9H13N3O6S/c1-2-18-8(13)6-19(16,17)4-3-12-5-7(9(14)15)10-11-12/h5H,2-4,6H2,1H3,(H,14,15). The van der Waals surface area contributed by atoms with Crippen LogP contribution in [0.3, 0.4) is 0 Å². The van der Waals surface area contributed by atoms with E-state index < -0.39 is 27.5 Å². The molecule has 106 valence electrons. The van der Waals surface area contributed by atoms with Gasteiger partial charge in [0.25, 0.3) is 0 Å². The molecule has 0 radical (unpaired) electrons. The number of sulfone groups is 1. The molecule has 0 aliphatic rings. The van der Waals surface area contributed by atoms with Gasteiger partial charge in [0, 0.05) is 0 Å². The monoisotopic (exact) mass is 291 g/mol. The molecule has 1 aromatic rings. The third-order valence-electron chi connectivity index (χ3n) is 2.03. The zero-order valence-corrected chi connectivity index (χ0v) is 11.0. The van der Waals surface area contributed by atoms with E-state index in [-0.39, 0.29) is 24.6 Å². The Labute approximate surface area is 109 Å². The van der Waals surface area contributed by atoms with Crippen LogP contribution in [0.2, 0.25) is 0 Å². The number of aromatic nitrogens is 3. The largest absolute Gasteiger partial charge is 0.476 e. The first-order chi connectivity index (χ1) is 8.84. The fourth-order valence-electron chi connectivity index (χ4n) is 1.19. The van der Waals surface area contributed by atoms with Crippen LogP contribution in [0.15, 0.2) is 6.20 Å². The highest BCUT2D eigenvalue weighted by Crippen LogP contribution is 1.97. The molecule has 19 heavy (non-hydrogen) atoms. The van der Waals surface area contributed by atoms with Crippen LogP contribution in [0.1, 0.15) is 17.4 Å². The van der Waals surface area contributed by atoms with E-state index >= 15 is 0 Å². The van der Waals surface area contributed by atoms with Crippen molar-refractivity contribution in [1.29, 1.82) is 0 Å². The number of hydrogen-bond acceptors (Lipinski definition) is 7. The molecule has 1 heterocycles. The maximum Gasteiger partial charge on any atom is 0.358 e. The number of aryl methyl sites for hydroxylation is 1. The second-order valence-corrected chi connectivity index (χ2v) is 5.75. The van der Waals surface area contributed by atoms with E-state index in [2.05, 4.69) is 15.0 Å². The summed E-state index contributed by atoms with van der Waals surface area (Å²) in [5, 5.41) is 15.4. The minimum atomic E-state index is -3.62. The van der Waals surface area contributed by atoms with Gasteiger partial charge < -0.3 is 9.84 Å². The van der Waals surface area contributed by atoms with Crippen molar-refractivity contribution in [2.24, 2.45) is 0 Å². The predicted molar refractivity (Wildman–Crippen MR) is 62.3 cm³/mol. The van der Waals surface area contributed by atoms with E-state index in [1.54, 1.807) is 6.92 Å². The lowest BCUT2D eigenvalue weighted by atomic mass is 10.5. The van der Waals surface area contributed by atoms with Crippen molar-refractivity contribution in [3.63, 3.8) is 0 Å². The smallest absolute Gasteiger partial charge is 0.358 e. The molecule has 0 unspecified atom stereocenters. The number of carbonyl (C=O) groups is 2. The molecule has 9 nitrogen and oxygen atoms in total. The van der Waals surface area contributed by atoms with Crippen LogP contribution in [0, 0.1) is 0 Å². The quantitative estimate of drug-likeness (QED) is 0.630. The van der Waals surface area contributed by atoms with Crippen LogP contribution in [-0.4, -0.2) is 58.6 Å². The van der Waals surface area contributed by atoms with Gasteiger partial charge in [-0.15, -0.1) is 5.10 Å². The zero-order chi connectivity index (χ0) is 14.5. The van der Waals surface area contributed by atoms with Gasteiger partial charge in [0.1, 0.15) is 5.75 Å². The van der Waals surface area contributed by atoms with E-state index in [1.807, 2.05) is 0 Å². The molecule has 0 aromatic carbocycles. The maximum atomic E-state index is 11.6. The lowest BCUT2D eigenvalue weighted by Crippen LogP contribution is -2.23. The normalized spacial score (nSPS) is 11.2. The molecule has 0 saturated heterocycles. The Bertz CT molecular complexity index is 564. The third-order valence-corrected chi connectivity index (χ3v) is 3.51. The molecule has 10 heteroatoms. The number of carboxylic acid groups (broad SMARTS) is 1. The number of carboxylic acids is 1. The summed E-state index contributed by atoms with van der Waals surface area (Å²) in [4.78, 5) is 21.6. The molecular formula is C9H13N3O6S. The first-order valence-electron chi connectivity index (χ1n) is 5.33. The highest BCUT2D eigenvalue weighted by atomic mass is 32.2. The number of esters is 1. The molecule has 1 rings (SSSR count). The molecule has 0 aliphatic carbocycles. The molecule has 0 amide bonds. The lowest BCUT2D eigenvalue weighted by Gasteiger charge is -2.03. The number of aromatic carboxylic acids is 1. The van der Waals surface area contributed by atoms with Crippen LogP contribution < -0.4 is 0 Å². The second-order valence-electron chi connectivity index (χ2n) is 3.57. The summed E-state index contributed by atoms with van der Waals surface area (Å²) in [6.07, 6.45) is 1.11. The van der Waals surface area contributed by atoms with Crippen LogP contribution in [-0.2, 0) is 25.9 Å². The molecule has 0 spiro atoms. The summed E-state index contributed by atoms with van der Waals surface area (Å²) >= 11 is 0.